The van der Waals surface area contributed by atoms with Crippen molar-refractivity contribution in [3.05, 3.63) is 11.6 Å². The molecule has 0 saturated heterocycles. The van der Waals surface area contributed by atoms with E-state index in [0.29, 0.717) is 18.6 Å². The van der Waals surface area contributed by atoms with Gasteiger partial charge in [0.25, 0.3) is 0 Å². The van der Waals surface area contributed by atoms with Crippen molar-refractivity contribution in [3.63, 3.8) is 0 Å². The molecule has 0 unspecified atom stereocenters. The first-order valence-corrected chi connectivity index (χ1v) is 4.90. The minimum Gasteiger partial charge on any atom is -0.299 e. The molecule has 1 fully saturated rings. The van der Waals surface area contributed by atoms with Crippen LogP contribution in [0.25, 0.3) is 0 Å². The van der Waals surface area contributed by atoms with Crippen LogP contribution < -0.4 is 0 Å². The zero-order valence-electron chi connectivity index (χ0n) is 7.93. The van der Waals surface area contributed by atoms with Crippen molar-refractivity contribution in [2.75, 3.05) is 0 Å². The van der Waals surface area contributed by atoms with Crippen molar-refractivity contribution < 1.29 is 9.59 Å². The molecule has 2 rings (SSSR count). The number of carbonyl (C=O) groups is 2. The third-order valence-corrected chi connectivity index (χ3v) is 3.38. The van der Waals surface area contributed by atoms with Crippen LogP contribution in [-0.4, -0.2) is 11.6 Å². The highest BCUT2D eigenvalue weighted by Gasteiger charge is 2.41. The molecule has 0 aliphatic heterocycles. The molecule has 0 radical (unpaired) electrons. The van der Waals surface area contributed by atoms with Crippen molar-refractivity contribution >= 4 is 11.6 Å². The van der Waals surface area contributed by atoms with E-state index in [2.05, 4.69) is 0 Å². The van der Waals surface area contributed by atoms with Gasteiger partial charge in [0.2, 0.25) is 0 Å². The predicted octanol–water partition coefficient (Wildman–Crippen LogP) is 2.04. The molecule has 2 nitrogen and oxygen atoms in total. The Kier molecular flexibility index (Phi) is 1.86. The molecule has 0 spiro atoms. The van der Waals surface area contributed by atoms with E-state index in [0.717, 1.165) is 24.8 Å². The Labute approximate surface area is 78.0 Å². The van der Waals surface area contributed by atoms with E-state index in [-0.39, 0.29) is 11.2 Å². The predicted molar refractivity (Wildman–Crippen MR) is 49.3 cm³/mol. The van der Waals surface area contributed by atoms with Gasteiger partial charge in [-0.3, -0.25) is 9.59 Å². The lowest BCUT2D eigenvalue weighted by Gasteiger charge is -2.37. The van der Waals surface area contributed by atoms with Crippen LogP contribution >= 0.6 is 0 Å². The molecule has 70 valence electrons. The van der Waals surface area contributed by atoms with Crippen molar-refractivity contribution in [2.45, 2.75) is 39.0 Å². The number of carbonyl (C=O) groups excluding carboxylic acids is 2. The maximum atomic E-state index is 11.7. The third kappa shape index (κ3) is 1.25. The molecule has 13 heavy (non-hydrogen) atoms. The van der Waals surface area contributed by atoms with E-state index >= 15 is 0 Å². The zero-order chi connectivity index (χ0) is 9.47. The lowest BCUT2D eigenvalue weighted by atomic mass is 9.65. The first-order valence-electron chi connectivity index (χ1n) is 4.90. The van der Waals surface area contributed by atoms with Gasteiger partial charge in [-0.15, -0.1) is 0 Å². The van der Waals surface area contributed by atoms with E-state index in [9.17, 15) is 9.59 Å². The number of hydrogen-bond donors (Lipinski definition) is 0. The molecule has 1 saturated carbocycles. The quantitative estimate of drug-likeness (QED) is 0.568. The van der Waals surface area contributed by atoms with Crippen molar-refractivity contribution in [1.29, 1.82) is 0 Å². The van der Waals surface area contributed by atoms with Gasteiger partial charge in [-0.2, -0.15) is 0 Å². The van der Waals surface area contributed by atoms with Crippen LogP contribution in [0, 0.1) is 5.41 Å². The third-order valence-electron chi connectivity index (χ3n) is 3.38. The molecule has 0 aromatic heterocycles. The summed E-state index contributed by atoms with van der Waals surface area (Å²) < 4.78 is 0. The summed E-state index contributed by atoms with van der Waals surface area (Å²) >= 11 is 0. The van der Waals surface area contributed by atoms with Crippen LogP contribution in [0.5, 0.6) is 0 Å². The smallest absolute Gasteiger partial charge is 0.155 e. The molecule has 0 aromatic rings. The van der Waals surface area contributed by atoms with Gasteiger partial charge in [0, 0.05) is 18.3 Å². The van der Waals surface area contributed by atoms with Crippen LogP contribution in [0.15, 0.2) is 11.6 Å². The van der Waals surface area contributed by atoms with Gasteiger partial charge in [-0.1, -0.05) is 5.57 Å². The van der Waals surface area contributed by atoms with Gasteiger partial charge in [-0.25, -0.2) is 0 Å². The van der Waals surface area contributed by atoms with Gasteiger partial charge < -0.3 is 0 Å². The van der Waals surface area contributed by atoms with Crippen LogP contribution in [0.2, 0.25) is 0 Å². The molecule has 0 heterocycles. The fourth-order valence-electron chi connectivity index (χ4n) is 2.34. The molecule has 2 heteroatoms. The largest absolute Gasteiger partial charge is 0.299 e. The fraction of sp³-hybridized carbons (Fsp3) is 0.636. The number of allylic oxidation sites excluding steroid dienone is 2. The van der Waals surface area contributed by atoms with Crippen LogP contribution in [0.4, 0.5) is 0 Å². The van der Waals surface area contributed by atoms with E-state index < -0.39 is 0 Å². The molecule has 2 aliphatic carbocycles. The molecule has 0 N–H and O–H groups in total. The summed E-state index contributed by atoms with van der Waals surface area (Å²) in [6.07, 6.45) is 5.55. The molecule has 0 bridgehead atoms. The van der Waals surface area contributed by atoms with Gasteiger partial charge >= 0.3 is 0 Å². The summed E-state index contributed by atoms with van der Waals surface area (Å²) in [6.45, 7) is 1.99. The molecule has 0 amide bonds. The summed E-state index contributed by atoms with van der Waals surface area (Å²) in [6, 6.07) is 0. The summed E-state index contributed by atoms with van der Waals surface area (Å²) in [5, 5.41) is 0. The Bertz CT molecular complexity index is 301. The second-order valence-electron chi connectivity index (χ2n) is 4.24. The normalized spacial score (nSPS) is 34.1. The van der Waals surface area contributed by atoms with Gasteiger partial charge in [-0.05, 0) is 32.3 Å². The SMILES string of the molecule is C[C@@]12CCC(=O)C=C1CCCC2=O. The minimum atomic E-state index is -0.286. The second kappa shape index (κ2) is 2.79. The maximum absolute atomic E-state index is 11.7. The number of fused-ring (bicyclic) bond motifs is 1. The van der Waals surface area contributed by atoms with Crippen molar-refractivity contribution in [1.82, 2.24) is 0 Å². The fourth-order valence-corrected chi connectivity index (χ4v) is 2.34. The van der Waals surface area contributed by atoms with Gasteiger partial charge in [0.1, 0.15) is 5.78 Å². The van der Waals surface area contributed by atoms with E-state index in [1.807, 2.05) is 6.92 Å². The lowest BCUT2D eigenvalue weighted by Crippen LogP contribution is -2.36. The molecular formula is C11H14O2. The van der Waals surface area contributed by atoms with E-state index in [4.69, 9.17) is 0 Å². The summed E-state index contributed by atoms with van der Waals surface area (Å²) in [5.74, 6) is 0.527. The standard InChI is InChI=1S/C11H14O2/c1-11-6-5-9(12)7-8(11)3-2-4-10(11)13/h7H,2-6H2,1H3/t11-/m1/s1. The van der Waals surface area contributed by atoms with E-state index in [1.165, 1.54) is 0 Å². The van der Waals surface area contributed by atoms with E-state index in [1.54, 1.807) is 6.08 Å². The highest BCUT2D eigenvalue weighted by atomic mass is 16.1. The minimum absolute atomic E-state index is 0.196. The summed E-state index contributed by atoms with van der Waals surface area (Å²) in [4.78, 5) is 22.9. The first kappa shape index (κ1) is 8.67. The molecule has 0 aromatic carbocycles. The van der Waals surface area contributed by atoms with Crippen LogP contribution in [-0.2, 0) is 9.59 Å². The Morgan fingerprint density at radius 1 is 1.23 bits per heavy atom. The topological polar surface area (TPSA) is 34.1 Å². The number of hydrogen-bond acceptors (Lipinski definition) is 2. The van der Waals surface area contributed by atoms with Crippen LogP contribution in [0.3, 0.4) is 0 Å². The highest BCUT2D eigenvalue weighted by molar-refractivity contribution is 5.97. The summed E-state index contributed by atoms with van der Waals surface area (Å²) in [5.41, 5.74) is 0.798. The molecule has 2 aliphatic rings. The molecular weight excluding hydrogens is 164 g/mol. The maximum Gasteiger partial charge on any atom is 0.155 e. The second-order valence-corrected chi connectivity index (χ2v) is 4.24. The Hall–Kier alpha value is -0.920. The lowest BCUT2D eigenvalue weighted by molar-refractivity contribution is -0.128. The molecule has 1 atom stereocenters. The summed E-state index contributed by atoms with van der Waals surface area (Å²) in [7, 11) is 0. The van der Waals surface area contributed by atoms with Crippen LogP contribution in [0.1, 0.15) is 39.0 Å². The number of Topliss-reactive ketones (excluding diaryl/α,β-unsaturated/α-hetero) is 1. The number of rotatable bonds is 0. The van der Waals surface area contributed by atoms with Crippen molar-refractivity contribution in [2.24, 2.45) is 5.41 Å². The van der Waals surface area contributed by atoms with Gasteiger partial charge in [0.05, 0.1) is 0 Å². The first-order chi connectivity index (χ1) is 6.13. The highest BCUT2D eigenvalue weighted by Crippen LogP contribution is 2.43. The Morgan fingerprint density at radius 2 is 2.00 bits per heavy atom. The Balaban J connectivity index is 2.39. The van der Waals surface area contributed by atoms with Gasteiger partial charge in [0.15, 0.2) is 5.78 Å². The Morgan fingerprint density at radius 3 is 2.77 bits per heavy atom. The van der Waals surface area contributed by atoms with Crippen molar-refractivity contribution in [3.8, 4) is 0 Å². The zero-order valence-corrected chi connectivity index (χ0v) is 7.93. The average molecular weight is 178 g/mol. The average Bonchev–Trinajstić information content (AvgIpc) is 2.09. The number of ketones is 2. The monoisotopic (exact) mass is 178 g/mol.